The fraction of sp³-hybridized carbons (Fsp3) is 0.360. The second-order valence-electron chi connectivity index (χ2n) is 9.15. The molecule has 0 spiro atoms. The lowest BCUT2D eigenvalue weighted by atomic mass is 9.88. The molecule has 2 N–H and O–H groups in total. The average Bonchev–Trinajstić information content (AvgIpc) is 3.42. The summed E-state index contributed by atoms with van der Waals surface area (Å²) in [5.41, 5.74) is 6.57. The van der Waals surface area contributed by atoms with Gasteiger partial charge in [0, 0.05) is 23.9 Å². The Morgan fingerprint density at radius 3 is 2.79 bits per heavy atom. The van der Waals surface area contributed by atoms with Crippen LogP contribution in [0, 0.1) is 11.7 Å². The second-order valence-corrected chi connectivity index (χ2v) is 10.1. The molecule has 2 fully saturated rings. The van der Waals surface area contributed by atoms with Crippen LogP contribution in [-0.4, -0.2) is 27.9 Å². The summed E-state index contributed by atoms with van der Waals surface area (Å²) in [6, 6.07) is 13.6. The predicted molar refractivity (Wildman–Crippen MR) is 125 cm³/mol. The zero-order chi connectivity index (χ0) is 22.5. The molecule has 6 rings (SSSR count). The number of carbonyl (C=O) groups is 1. The highest BCUT2D eigenvalue weighted by Gasteiger charge is 2.41. The maximum atomic E-state index is 13.9. The van der Waals surface area contributed by atoms with Crippen LogP contribution in [-0.2, 0) is 11.3 Å². The molecule has 2 aliphatic heterocycles. The third-order valence-corrected chi connectivity index (χ3v) is 7.80. The van der Waals surface area contributed by atoms with E-state index in [4.69, 9.17) is 14.9 Å². The first kappa shape index (κ1) is 20.6. The molecule has 1 unspecified atom stereocenters. The minimum absolute atomic E-state index is 0.195. The number of benzene rings is 2. The lowest BCUT2D eigenvalue weighted by Gasteiger charge is -2.38. The molecule has 4 heterocycles. The third kappa shape index (κ3) is 3.98. The molecule has 2 aromatic heterocycles. The van der Waals surface area contributed by atoms with Crippen molar-refractivity contribution in [3.8, 4) is 10.9 Å². The van der Waals surface area contributed by atoms with E-state index in [0.29, 0.717) is 40.9 Å². The molecule has 0 radical (unpaired) electrons. The van der Waals surface area contributed by atoms with Crippen molar-refractivity contribution in [3.63, 3.8) is 0 Å². The fourth-order valence-electron chi connectivity index (χ4n) is 5.53. The highest BCUT2D eigenvalue weighted by Crippen LogP contribution is 2.41. The molecule has 0 saturated carbocycles. The number of nitrogens with two attached hydrogens (primary N) is 1. The summed E-state index contributed by atoms with van der Waals surface area (Å²) in [6.45, 7) is 0.765. The summed E-state index contributed by atoms with van der Waals surface area (Å²) in [5, 5.41) is 1.37. The maximum Gasteiger partial charge on any atom is 0.279 e. The van der Waals surface area contributed by atoms with Crippen molar-refractivity contribution in [3.05, 3.63) is 54.0 Å². The number of hydrogen-bond donors (Lipinski definition) is 1. The van der Waals surface area contributed by atoms with Gasteiger partial charge in [0.1, 0.15) is 28.4 Å². The molecule has 0 aliphatic carbocycles. The smallest absolute Gasteiger partial charge is 0.279 e. The first-order valence-electron chi connectivity index (χ1n) is 11.3. The number of thiazole rings is 1. The molecule has 2 aliphatic rings. The van der Waals surface area contributed by atoms with Gasteiger partial charge in [-0.05, 0) is 68.0 Å². The Hall–Kier alpha value is -2.97. The molecule has 6 nitrogen and oxygen atoms in total. The van der Waals surface area contributed by atoms with Crippen LogP contribution >= 0.6 is 11.3 Å². The molecule has 2 saturated heterocycles. The van der Waals surface area contributed by atoms with E-state index in [1.54, 1.807) is 6.07 Å². The number of hydrogen-bond acceptors (Lipinski definition) is 6. The first-order chi connectivity index (χ1) is 16.0. The van der Waals surface area contributed by atoms with E-state index in [9.17, 15) is 9.18 Å². The molecule has 170 valence electrons. The van der Waals surface area contributed by atoms with E-state index in [-0.39, 0.29) is 11.7 Å². The number of carbonyl (C=O) groups excluding carboxylic acids is 1. The number of rotatable bonds is 6. The number of ether oxygens (including phenoxy) is 1. The zero-order valence-corrected chi connectivity index (χ0v) is 18.8. The first-order valence-corrected chi connectivity index (χ1v) is 12.1. The molecule has 8 heteroatoms. The van der Waals surface area contributed by atoms with Crippen LogP contribution in [0.25, 0.3) is 21.2 Å². The summed E-state index contributed by atoms with van der Waals surface area (Å²) in [4.78, 5) is 18.1. The summed E-state index contributed by atoms with van der Waals surface area (Å²) in [5.74, 6) is 1.43. The molecular weight excluding hydrogens is 441 g/mol. The van der Waals surface area contributed by atoms with Crippen LogP contribution in [0.4, 0.5) is 4.39 Å². The summed E-state index contributed by atoms with van der Waals surface area (Å²) >= 11 is 1.32. The second kappa shape index (κ2) is 8.11. The van der Waals surface area contributed by atoms with Gasteiger partial charge in [0.2, 0.25) is 5.91 Å². The standard InChI is InChI=1S/C25H24FN3O3S/c26-20-2-1-3-22-24(20)28-25(33-22)32-18-6-7-21-15(11-18)12-19(31-21)13-29-16-4-5-17(29)9-14(8-16)10-23(27)30/h1-3,6-7,11-12,14,16-17H,4-5,8-10,13H2,(H2,27,30)/t14?,16-,17+. The van der Waals surface area contributed by atoms with E-state index >= 15 is 0 Å². The SMILES string of the molecule is NC(=O)CC1C[C@H]2CC[C@@H](C1)N2Cc1cc2cc(Oc3nc4c(F)cccc4s3)ccc2o1. The Balaban J connectivity index is 1.18. The molecule has 1 amide bonds. The van der Waals surface area contributed by atoms with E-state index in [0.717, 1.165) is 40.8 Å². The minimum Gasteiger partial charge on any atom is -0.460 e. The van der Waals surface area contributed by atoms with Crippen LogP contribution < -0.4 is 10.5 Å². The number of primary amides is 1. The number of piperidine rings is 1. The normalized spacial score (nSPS) is 22.9. The maximum absolute atomic E-state index is 13.9. The summed E-state index contributed by atoms with van der Waals surface area (Å²) < 4.78 is 26.7. The Morgan fingerprint density at radius 1 is 1.21 bits per heavy atom. The minimum atomic E-state index is -0.346. The Morgan fingerprint density at radius 2 is 2.03 bits per heavy atom. The average molecular weight is 466 g/mol. The quantitative estimate of drug-likeness (QED) is 0.401. The molecule has 4 aromatic rings. The van der Waals surface area contributed by atoms with E-state index in [1.165, 1.54) is 30.2 Å². The van der Waals surface area contributed by atoms with Gasteiger partial charge in [-0.3, -0.25) is 9.69 Å². The third-order valence-electron chi connectivity index (χ3n) is 6.90. The van der Waals surface area contributed by atoms with Crippen LogP contribution in [0.1, 0.15) is 37.9 Å². The summed E-state index contributed by atoms with van der Waals surface area (Å²) in [7, 11) is 0. The Labute approximate surface area is 194 Å². The number of furan rings is 1. The molecule has 2 bridgehead atoms. The highest BCUT2D eigenvalue weighted by atomic mass is 32.1. The summed E-state index contributed by atoms with van der Waals surface area (Å²) in [6.07, 6.45) is 4.89. The van der Waals surface area contributed by atoms with Gasteiger partial charge in [-0.1, -0.05) is 17.4 Å². The predicted octanol–water partition coefficient (Wildman–Crippen LogP) is 5.59. The number of aromatic nitrogens is 1. The number of amides is 1. The Kier molecular flexibility index (Phi) is 5.07. The molecule has 2 aromatic carbocycles. The van der Waals surface area contributed by atoms with Gasteiger partial charge < -0.3 is 14.9 Å². The number of halogens is 1. The molecular formula is C25H24FN3O3S. The van der Waals surface area contributed by atoms with Gasteiger partial charge in [0.05, 0.1) is 11.2 Å². The van der Waals surface area contributed by atoms with Crippen molar-refractivity contribution < 1.29 is 18.3 Å². The largest absolute Gasteiger partial charge is 0.460 e. The van der Waals surface area contributed by atoms with Crippen LogP contribution in [0.2, 0.25) is 0 Å². The van der Waals surface area contributed by atoms with E-state index in [2.05, 4.69) is 16.0 Å². The molecule has 33 heavy (non-hydrogen) atoms. The van der Waals surface area contributed by atoms with Crippen LogP contribution in [0.3, 0.4) is 0 Å². The zero-order valence-electron chi connectivity index (χ0n) is 18.0. The van der Waals surface area contributed by atoms with E-state index in [1.807, 2.05) is 24.3 Å². The van der Waals surface area contributed by atoms with Gasteiger partial charge in [-0.15, -0.1) is 0 Å². The highest BCUT2D eigenvalue weighted by molar-refractivity contribution is 7.20. The number of para-hydroxylation sites is 1. The molecule has 3 atom stereocenters. The lowest BCUT2D eigenvalue weighted by molar-refractivity contribution is -0.119. The van der Waals surface area contributed by atoms with Crippen LogP contribution in [0.15, 0.2) is 46.9 Å². The number of fused-ring (bicyclic) bond motifs is 4. The number of nitrogens with zero attached hydrogens (tertiary/aromatic N) is 2. The van der Waals surface area contributed by atoms with Crippen LogP contribution in [0.5, 0.6) is 10.9 Å². The van der Waals surface area contributed by atoms with E-state index < -0.39 is 0 Å². The van der Waals surface area contributed by atoms with Crippen molar-refractivity contribution in [1.29, 1.82) is 0 Å². The van der Waals surface area contributed by atoms with Crippen molar-refractivity contribution in [2.45, 2.75) is 50.7 Å². The van der Waals surface area contributed by atoms with Crippen molar-refractivity contribution in [2.24, 2.45) is 11.7 Å². The van der Waals surface area contributed by atoms with Crippen molar-refractivity contribution in [2.75, 3.05) is 0 Å². The van der Waals surface area contributed by atoms with Crippen molar-refractivity contribution >= 4 is 38.4 Å². The van der Waals surface area contributed by atoms with Gasteiger partial charge in [-0.25, -0.2) is 4.39 Å². The van der Waals surface area contributed by atoms with Gasteiger partial charge in [-0.2, -0.15) is 4.98 Å². The topological polar surface area (TPSA) is 81.6 Å². The lowest BCUT2D eigenvalue weighted by Crippen LogP contribution is -2.42. The van der Waals surface area contributed by atoms with Gasteiger partial charge >= 0.3 is 0 Å². The van der Waals surface area contributed by atoms with Gasteiger partial charge in [0.25, 0.3) is 5.19 Å². The van der Waals surface area contributed by atoms with Crippen molar-refractivity contribution in [1.82, 2.24) is 9.88 Å². The van der Waals surface area contributed by atoms with Gasteiger partial charge in [0.15, 0.2) is 0 Å². The monoisotopic (exact) mass is 465 g/mol. The fourth-order valence-corrected chi connectivity index (χ4v) is 6.38. The Bertz CT molecular complexity index is 1340.